The molecule has 0 bridgehead atoms. The average Bonchev–Trinajstić information content (AvgIpc) is 3.05. The third kappa shape index (κ3) is 4.56. The molecule has 0 atom stereocenters. The molecule has 27 heavy (non-hydrogen) atoms. The first kappa shape index (κ1) is 18.7. The Morgan fingerprint density at radius 1 is 1.11 bits per heavy atom. The number of furan rings is 1. The number of nitrogens with one attached hydrogen (secondary N) is 1. The van der Waals surface area contributed by atoms with Crippen LogP contribution in [0.25, 0.3) is 11.0 Å². The molecule has 0 unspecified atom stereocenters. The van der Waals surface area contributed by atoms with E-state index < -0.39 is 0 Å². The second kappa shape index (κ2) is 8.08. The summed E-state index contributed by atoms with van der Waals surface area (Å²) in [5.41, 5.74) is 4.66. The summed E-state index contributed by atoms with van der Waals surface area (Å²) in [6.07, 6.45) is 2.76. The first-order chi connectivity index (χ1) is 13.0. The number of nitrogens with zero attached hydrogens (tertiary/aromatic N) is 1. The zero-order valence-corrected chi connectivity index (χ0v) is 15.9. The largest absolute Gasteiger partial charge is 0.464 e. The molecule has 3 rings (SSSR count). The van der Waals surface area contributed by atoms with Crippen molar-refractivity contribution in [2.45, 2.75) is 26.7 Å². The van der Waals surface area contributed by atoms with E-state index in [0.29, 0.717) is 0 Å². The Bertz CT molecular complexity index is 957. The highest BCUT2D eigenvalue weighted by atomic mass is 16.3. The van der Waals surface area contributed by atoms with E-state index >= 15 is 0 Å². The van der Waals surface area contributed by atoms with Crippen LogP contribution in [-0.4, -0.2) is 30.3 Å². The van der Waals surface area contributed by atoms with E-state index in [2.05, 4.69) is 12.2 Å². The van der Waals surface area contributed by atoms with Gasteiger partial charge in [0.2, 0.25) is 11.8 Å². The summed E-state index contributed by atoms with van der Waals surface area (Å²) in [7, 11) is 1.63. The fourth-order valence-corrected chi connectivity index (χ4v) is 2.92. The van der Waals surface area contributed by atoms with Crippen molar-refractivity contribution >= 4 is 28.5 Å². The second-order valence-electron chi connectivity index (χ2n) is 6.79. The lowest BCUT2D eigenvalue weighted by molar-refractivity contribution is -0.132. The van der Waals surface area contributed by atoms with Crippen molar-refractivity contribution in [2.75, 3.05) is 18.9 Å². The molecule has 5 nitrogen and oxygen atoms in total. The van der Waals surface area contributed by atoms with Crippen LogP contribution in [0.3, 0.4) is 0 Å². The molecule has 5 heteroatoms. The van der Waals surface area contributed by atoms with Crippen LogP contribution in [0.15, 0.2) is 53.1 Å². The number of hydrogen-bond acceptors (Lipinski definition) is 3. The number of benzene rings is 2. The van der Waals surface area contributed by atoms with Gasteiger partial charge in [0.25, 0.3) is 0 Å². The Labute approximate surface area is 159 Å². The summed E-state index contributed by atoms with van der Waals surface area (Å²) in [6.45, 7) is 4.08. The number of aryl methyl sites for hydroxylation is 2. The summed E-state index contributed by atoms with van der Waals surface area (Å²) in [4.78, 5) is 26.1. The maximum absolute atomic E-state index is 12.5. The molecule has 0 radical (unpaired) electrons. The SMILES string of the molecule is CCc1ccc2c(CC(=O)N(C)CC(=O)Nc3ccc(C)cc3)coc2c1. The zero-order valence-electron chi connectivity index (χ0n) is 15.9. The van der Waals surface area contributed by atoms with Gasteiger partial charge in [0.1, 0.15) is 5.58 Å². The molecule has 1 N–H and O–H groups in total. The average molecular weight is 364 g/mol. The van der Waals surface area contributed by atoms with Gasteiger partial charge in [0.15, 0.2) is 0 Å². The zero-order chi connectivity index (χ0) is 19.4. The molecule has 0 spiro atoms. The van der Waals surface area contributed by atoms with Crippen molar-refractivity contribution in [3.8, 4) is 0 Å². The molecular formula is C22H24N2O3. The molecule has 0 aliphatic heterocycles. The van der Waals surface area contributed by atoms with Gasteiger partial charge >= 0.3 is 0 Å². The summed E-state index contributed by atoms with van der Waals surface area (Å²) < 4.78 is 5.59. The second-order valence-corrected chi connectivity index (χ2v) is 6.79. The predicted octanol–water partition coefficient (Wildman–Crippen LogP) is 3.94. The number of rotatable bonds is 6. The molecule has 0 fully saturated rings. The number of likely N-dealkylation sites (N-methyl/N-ethyl adjacent to an activating group) is 1. The quantitative estimate of drug-likeness (QED) is 0.720. The Morgan fingerprint density at radius 3 is 2.56 bits per heavy atom. The summed E-state index contributed by atoms with van der Waals surface area (Å²) in [6, 6.07) is 13.6. The maximum Gasteiger partial charge on any atom is 0.243 e. The number of carbonyl (C=O) groups is 2. The third-order valence-corrected chi connectivity index (χ3v) is 4.61. The van der Waals surface area contributed by atoms with Crippen LogP contribution in [0.4, 0.5) is 5.69 Å². The molecule has 0 saturated heterocycles. The molecule has 1 aromatic heterocycles. The first-order valence-corrected chi connectivity index (χ1v) is 9.05. The monoisotopic (exact) mass is 364 g/mol. The third-order valence-electron chi connectivity index (χ3n) is 4.61. The summed E-state index contributed by atoms with van der Waals surface area (Å²) in [5.74, 6) is -0.351. The van der Waals surface area contributed by atoms with E-state index in [1.165, 1.54) is 10.5 Å². The van der Waals surface area contributed by atoms with Crippen molar-refractivity contribution in [1.29, 1.82) is 0 Å². The number of hydrogen-bond donors (Lipinski definition) is 1. The molecular weight excluding hydrogens is 340 g/mol. The molecule has 140 valence electrons. The fraction of sp³-hybridized carbons (Fsp3) is 0.273. The minimum Gasteiger partial charge on any atom is -0.464 e. The van der Waals surface area contributed by atoms with Crippen LogP contribution in [0.5, 0.6) is 0 Å². The minimum atomic E-state index is -0.223. The van der Waals surface area contributed by atoms with E-state index in [9.17, 15) is 9.59 Å². The normalized spacial score (nSPS) is 10.8. The van der Waals surface area contributed by atoms with Gasteiger partial charge in [-0.2, -0.15) is 0 Å². The number of anilines is 1. The Balaban J connectivity index is 1.60. The van der Waals surface area contributed by atoms with Gasteiger partial charge in [0, 0.05) is 23.7 Å². The first-order valence-electron chi connectivity index (χ1n) is 9.05. The molecule has 0 aliphatic carbocycles. The number of carbonyl (C=O) groups excluding carboxylic acids is 2. The van der Waals surface area contributed by atoms with Crippen LogP contribution in [0.2, 0.25) is 0 Å². The van der Waals surface area contributed by atoms with E-state index in [0.717, 1.165) is 34.2 Å². The molecule has 0 aliphatic rings. The Kier molecular flexibility index (Phi) is 5.60. The minimum absolute atomic E-state index is 0.00246. The lowest BCUT2D eigenvalue weighted by atomic mass is 10.1. The van der Waals surface area contributed by atoms with Gasteiger partial charge in [-0.25, -0.2) is 0 Å². The molecule has 2 aromatic carbocycles. The van der Waals surface area contributed by atoms with Crippen molar-refractivity contribution in [2.24, 2.45) is 0 Å². The standard InChI is InChI=1S/C22H24N2O3/c1-4-16-7-10-19-17(14-27-20(19)11-16)12-22(26)24(3)13-21(25)23-18-8-5-15(2)6-9-18/h5-11,14H,4,12-13H2,1-3H3,(H,23,25). The van der Waals surface area contributed by atoms with Crippen LogP contribution < -0.4 is 5.32 Å². The van der Waals surface area contributed by atoms with Gasteiger partial charge in [-0.1, -0.05) is 36.8 Å². The number of amides is 2. The van der Waals surface area contributed by atoms with Crippen molar-refractivity contribution < 1.29 is 14.0 Å². The van der Waals surface area contributed by atoms with Gasteiger partial charge < -0.3 is 14.6 Å². The maximum atomic E-state index is 12.5. The van der Waals surface area contributed by atoms with Gasteiger partial charge in [-0.05, 0) is 37.1 Å². The van der Waals surface area contributed by atoms with Crippen LogP contribution in [0.1, 0.15) is 23.6 Å². The van der Waals surface area contributed by atoms with E-state index in [4.69, 9.17) is 4.42 Å². The molecule has 2 amide bonds. The van der Waals surface area contributed by atoms with Crippen molar-refractivity contribution in [3.05, 3.63) is 65.4 Å². The Morgan fingerprint density at radius 2 is 1.85 bits per heavy atom. The highest BCUT2D eigenvalue weighted by Crippen LogP contribution is 2.23. The smallest absolute Gasteiger partial charge is 0.243 e. The predicted molar refractivity (Wildman–Crippen MR) is 107 cm³/mol. The highest BCUT2D eigenvalue weighted by molar-refractivity contribution is 5.95. The van der Waals surface area contributed by atoms with Gasteiger partial charge in [-0.15, -0.1) is 0 Å². The van der Waals surface area contributed by atoms with Gasteiger partial charge in [0.05, 0.1) is 19.2 Å². The molecule has 3 aromatic rings. The van der Waals surface area contributed by atoms with E-state index in [-0.39, 0.29) is 24.8 Å². The van der Waals surface area contributed by atoms with Crippen molar-refractivity contribution in [3.63, 3.8) is 0 Å². The number of fused-ring (bicyclic) bond motifs is 1. The Hall–Kier alpha value is -3.08. The van der Waals surface area contributed by atoms with Crippen LogP contribution in [0, 0.1) is 6.92 Å². The molecule has 0 saturated carbocycles. The summed E-state index contributed by atoms with van der Waals surface area (Å²) in [5, 5.41) is 3.75. The molecule has 1 heterocycles. The van der Waals surface area contributed by atoms with Crippen LogP contribution >= 0.6 is 0 Å². The topological polar surface area (TPSA) is 62.6 Å². The fourth-order valence-electron chi connectivity index (χ4n) is 2.92. The van der Waals surface area contributed by atoms with E-state index in [1.807, 2.05) is 49.4 Å². The summed E-state index contributed by atoms with van der Waals surface area (Å²) >= 11 is 0. The van der Waals surface area contributed by atoms with Crippen molar-refractivity contribution in [1.82, 2.24) is 4.90 Å². The highest BCUT2D eigenvalue weighted by Gasteiger charge is 2.16. The lowest BCUT2D eigenvalue weighted by Gasteiger charge is -2.16. The van der Waals surface area contributed by atoms with E-state index in [1.54, 1.807) is 13.3 Å². The lowest BCUT2D eigenvalue weighted by Crippen LogP contribution is -2.35. The van der Waals surface area contributed by atoms with Gasteiger partial charge in [-0.3, -0.25) is 9.59 Å². The van der Waals surface area contributed by atoms with Crippen LogP contribution in [-0.2, 0) is 22.4 Å².